The van der Waals surface area contributed by atoms with E-state index in [4.69, 9.17) is 9.47 Å². The molecule has 0 aromatic rings. The Balaban J connectivity index is 3.69. The zero-order valence-electron chi connectivity index (χ0n) is 21.9. The maximum Gasteiger partial charge on any atom is 0.407 e. The van der Waals surface area contributed by atoms with Gasteiger partial charge >= 0.3 is 12.1 Å². The molecular weight excluding hydrogens is 402 g/mol. The van der Waals surface area contributed by atoms with Gasteiger partial charge in [0.25, 0.3) is 0 Å². The first-order valence-corrected chi connectivity index (χ1v) is 13.4. The molecular formula is C27H53NO4. The average Bonchev–Trinajstić information content (AvgIpc) is 2.74. The number of esters is 1. The minimum Gasteiger partial charge on any atom is -0.464 e. The van der Waals surface area contributed by atoms with Crippen LogP contribution in [0.4, 0.5) is 4.79 Å². The molecule has 32 heavy (non-hydrogen) atoms. The molecule has 1 atom stereocenters. The molecule has 0 spiro atoms. The molecule has 0 aliphatic rings. The van der Waals surface area contributed by atoms with Gasteiger partial charge < -0.3 is 14.8 Å². The molecule has 0 saturated carbocycles. The molecule has 1 unspecified atom stereocenters. The SMILES string of the molecule is CCCCCCCCCCCCCCCCOC(=O)C(CCC)NC(=O)OCC(C)(C)C. The van der Waals surface area contributed by atoms with Crippen LogP contribution in [0.3, 0.4) is 0 Å². The normalized spacial score (nSPS) is 12.4. The van der Waals surface area contributed by atoms with E-state index < -0.39 is 12.1 Å². The van der Waals surface area contributed by atoms with Crippen LogP contribution in [0.15, 0.2) is 0 Å². The van der Waals surface area contributed by atoms with Gasteiger partial charge in [-0.25, -0.2) is 9.59 Å². The van der Waals surface area contributed by atoms with E-state index in [9.17, 15) is 9.59 Å². The maximum absolute atomic E-state index is 12.3. The first-order chi connectivity index (χ1) is 15.3. The van der Waals surface area contributed by atoms with E-state index in [2.05, 4.69) is 12.2 Å². The van der Waals surface area contributed by atoms with E-state index in [1.807, 2.05) is 27.7 Å². The number of amides is 1. The lowest BCUT2D eigenvalue weighted by Crippen LogP contribution is -2.42. The summed E-state index contributed by atoms with van der Waals surface area (Å²) >= 11 is 0. The van der Waals surface area contributed by atoms with Crippen LogP contribution in [0, 0.1) is 5.41 Å². The molecule has 1 amide bonds. The lowest BCUT2D eigenvalue weighted by atomic mass is 9.99. The van der Waals surface area contributed by atoms with Crippen LogP contribution in [-0.2, 0) is 14.3 Å². The standard InChI is InChI=1S/C27H53NO4/c1-6-8-9-10-11-12-13-14-15-16-17-18-19-20-22-31-25(29)24(21-7-2)28-26(30)32-23-27(3,4)5/h24H,6-23H2,1-5H3,(H,28,30). The molecule has 0 aromatic heterocycles. The van der Waals surface area contributed by atoms with Crippen molar-refractivity contribution in [1.29, 1.82) is 0 Å². The van der Waals surface area contributed by atoms with Gasteiger partial charge in [0.2, 0.25) is 0 Å². The molecule has 0 saturated heterocycles. The smallest absolute Gasteiger partial charge is 0.407 e. The van der Waals surface area contributed by atoms with Crippen molar-refractivity contribution in [2.45, 2.75) is 143 Å². The average molecular weight is 456 g/mol. The minimum absolute atomic E-state index is 0.105. The molecule has 1 N–H and O–H groups in total. The highest BCUT2D eigenvalue weighted by Crippen LogP contribution is 2.14. The van der Waals surface area contributed by atoms with E-state index >= 15 is 0 Å². The monoisotopic (exact) mass is 455 g/mol. The van der Waals surface area contributed by atoms with E-state index in [0.29, 0.717) is 19.6 Å². The van der Waals surface area contributed by atoms with Crippen LogP contribution in [0.1, 0.15) is 137 Å². The quantitative estimate of drug-likeness (QED) is 0.149. The Morgan fingerprint density at radius 3 is 1.59 bits per heavy atom. The zero-order valence-corrected chi connectivity index (χ0v) is 21.9. The number of hydrogen-bond acceptors (Lipinski definition) is 4. The van der Waals surface area contributed by atoms with Gasteiger partial charge in [0.1, 0.15) is 6.04 Å². The summed E-state index contributed by atoms with van der Waals surface area (Å²) in [6.07, 6.45) is 19.0. The van der Waals surface area contributed by atoms with Gasteiger partial charge in [-0.3, -0.25) is 0 Å². The third-order valence-corrected chi connectivity index (χ3v) is 5.53. The van der Waals surface area contributed by atoms with Crippen molar-refractivity contribution in [3.63, 3.8) is 0 Å². The molecule has 5 nitrogen and oxygen atoms in total. The van der Waals surface area contributed by atoms with Crippen molar-refractivity contribution in [2.24, 2.45) is 5.41 Å². The molecule has 190 valence electrons. The van der Waals surface area contributed by atoms with Crippen molar-refractivity contribution in [2.75, 3.05) is 13.2 Å². The van der Waals surface area contributed by atoms with Gasteiger partial charge in [-0.15, -0.1) is 0 Å². The molecule has 5 heteroatoms. The van der Waals surface area contributed by atoms with Crippen molar-refractivity contribution >= 4 is 12.1 Å². The van der Waals surface area contributed by atoms with E-state index in [1.165, 1.54) is 77.0 Å². The summed E-state index contributed by atoms with van der Waals surface area (Å²) in [7, 11) is 0. The molecule has 0 aliphatic carbocycles. The highest BCUT2D eigenvalue weighted by Gasteiger charge is 2.23. The fourth-order valence-electron chi connectivity index (χ4n) is 3.57. The van der Waals surface area contributed by atoms with E-state index in [1.54, 1.807) is 0 Å². The second-order valence-electron chi connectivity index (χ2n) is 10.4. The highest BCUT2D eigenvalue weighted by molar-refractivity contribution is 5.81. The van der Waals surface area contributed by atoms with Gasteiger partial charge in [0.15, 0.2) is 0 Å². The summed E-state index contributed by atoms with van der Waals surface area (Å²) in [6, 6.07) is -0.626. The lowest BCUT2D eigenvalue weighted by molar-refractivity contribution is -0.146. The number of ether oxygens (including phenoxy) is 2. The van der Waals surface area contributed by atoms with Crippen LogP contribution in [-0.4, -0.2) is 31.3 Å². The third-order valence-electron chi connectivity index (χ3n) is 5.53. The van der Waals surface area contributed by atoms with Crippen LogP contribution < -0.4 is 5.32 Å². The van der Waals surface area contributed by atoms with Gasteiger partial charge in [-0.2, -0.15) is 0 Å². The molecule has 0 radical (unpaired) electrons. The molecule has 0 rings (SSSR count). The van der Waals surface area contributed by atoms with Gasteiger partial charge in [0, 0.05) is 0 Å². The van der Waals surface area contributed by atoms with Crippen molar-refractivity contribution in [1.82, 2.24) is 5.32 Å². The fourth-order valence-corrected chi connectivity index (χ4v) is 3.57. The number of carbonyl (C=O) groups excluding carboxylic acids is 2. The number of rotatable bonds is 20. The maximum atomic E-state index is 12.3. The molecule has 0 aromatic carbocycles. The predicted molar refractivity (Wildman–Crippen MR) is 134 cm³/mol. The van der Waals surface area contributed by atoms with Crippen LogP contribution in [0.5, 0.6) is 0 Å². The van der Waals surface area contributed by atoms with Gasteiger partial charge in [0.05, 0.1) is 13.2 Å². The second-order valence-corrected chi connectivity index (χ2v) is 10.4. The molecule has 0 aliphatic heterocycles. The Morgan fingerprint density at radius 2 is 1.16 bits per heavy atom. The topological polar surface area (TPSA) is 64.6 Å². The Morgan fingerprint density at radius 1 is 0.688 bits per heavy atom. The number of hydrogen-bond donors (Lipinski definition) is 1. The van der Waals surface area contributed by atoms with Gasteiger partial charge in [-0.05, 0) is 18.3 Å². The number of unbranched alkanes of at least 4 members (excludes halogenated alkanes) is 13. The zero-order chi connectivity index (χ0) is 24.1. The third kappa shape index (κ3) is 20.6. The Kier molecular flexibility index (Phi) is 19.6. The Labute approximate surface area is 198 Å². The molecule has 0 heterocycles. The first kappa shape index (κ1) is 30.7. The summed E-state index contributed by atoms with van der Waals surface area (Å²) < 4.78 is 10.6. The summed E-state index contributed by atoms with van der Waals surface area (Å²) in [4.78, 5) is 24.3. The Bertz CT molecular complexity index is 459. The van der Waals surface area contributed by atoms with Crippen LogP contribution in [0.25, 0.3) is 0 Å². The predicted octanol–water partition coefficient (Wildman–Crippen LogP) is 7.95. The summed E-state index contributed by atoms with van der Waals surface area (Å²) in [5.41, 5.74) is -0.105. The summed E-state index contributed by atoms with van der Waals surface area (Å²) in [5, 5.41) is 2.66. The van der Waals surface area contributed by atoms with Crippen molar-refractivity contribution in [3.8, 4) is 0 Å². The Hall–Kier alpha value is -1.26. The largest absolute Gasteiger partial charge is 0.464 e. The fraction of sp³-hybridized carbons (Fsp3) is 0.926. The molecule has 0 bridgehead atoms. The minimum atomic E-state index is -0.626. The molecule has 0 fully saturated rings. The van der Waals surface area contributed by atoms with E-state index in [0.717, 1.165) is 19.3 Å². The second kappa shape index (κ2) is 20.4. The van der Waals surface area contributed by atoms with Crippen LogP contribution in [0.2, 0.25) is 0 Å². The van der Waals surface area contributed by atoms with Crippen LogP contribution >= 0.6 is 0 Å². The first-order valence-electron chi connectivity index (χ1n) is 13.4. The number of carbonyl (C=O) groups is 2. The summed E-state index contributed by atoms with van der Waals surface area (Å²) in [5.74, 6) is -0.353. The van der Waals surface area contributed by atoms with Crippen molar-refractivity contribution < 1.29 is 19.1 Å². The highest BCUT2D eigenvalue weighted by atomic mass is 16.6. The number of alkyl carbamates (subject to hydrolysis) is 1. The van der Waals surface area contributed by atoms with Crippen molar-refractivity contribution in [3.05, 3.63) is 0 Å². The summed E-state index contributed by atoms with van der Waals surface area (Å²) in [6.45, 7) is 11.0. The lowest BCUT2D eigenvalue weighted by Gasteiger charge is -2.20. The number of nitrogens with one attached hydrogen (secondary N) is 1. The van der Waals surface area contributed by atoms with Gasteiger partial charge in [-0.1, -0.05) is 125 Å². The van der Waals surface area contributed by atoms with E-state index in [-0.39, 0.29) is 11.4 Å².